The second-order valence-corrected chi connectivity index (χ2v) is 4.20. The number of carbonyl (C=O) groups is 1. The predicted molar refractivity (Wildman–Crippen MR) is 70.8 cm³/mol. The number of halogens is 1. The first kappa shape index (κ1) is 13.4. The third-order valence-electron chi connectivity index (χ3n) is 2.44. The summed E-state index contributed by atoms with van der Waals surface area (Å²) in [6.45, 7) is 1.05. The zero-order chi connectivity index (χ0) is 13.7. The van der Waals surface area contributed by atoms with E-state index < -0.39 is 0 Å². The van der Waals surface area contributed by atoms with Gasteiger partial charge in [0.25, 0.3) is 5.91 Å². The standard InChI is InChI=1S/C12H13ClN4O2/c13-10-7-15-17(8-10)5-6-19-11-3-1-9(2-4-11)12(18)16-14/h1-4,7-8H,5-6,14H2,(H,16,18). The molecule has 3 N–H and O–H groups in total. The molecule has 1 heterocycles. The molecule has 19 heavy (non-hydrogen) atoms. The summed E-state index contributed by atoms with van der Waals surface area (Å²) in [5.74, 6) is 5.37. The molecule has 6 nitrogen and oxygen atoms in total. The Morgan fingerprint density at radius 1 is 1.42 bits per heavy atom. The van der Waals surface area contributed by atoms with Crippen molar-refractivity contribution in [2.24, 2.45) is 5.84 Å². The van der Waals surface area contributed by atoms with E-state index >= 15 is 0 Å². The molecule has 0 saturated heterocycles. The average molecular weight is 281 g/mol. The van der Waals surface area contributed by atoms with Crippen LogP contribution in [0.25, 0.3) is 0 Å². The highest BCUT2D eigenvalue weighted by Crippen LogP contribution is 2.12. The van der Waals surface area contributed by atoms with Crippen LogP contribution in [0, 0.1) is 0 Å². The van der Waals surface area contributed by atoms with E-state index in [1.54, 1.807) is 41.3 Å². The molecule has 0 aliphatic heterocycles. The van der Waals surface area contributed by atoms with E-state index in [0.717, 1.165) is 0 Å². The fraction of sp³-hybridized carbons (Fsp3) is 0.167. The largest absolute Gasteiger partial charge is 0.492 e. The summed E-state index contributed by atoms with van der Waals surface area (Å²) in [4.78, 5) is 11.2. The number of carbonyl (C=O) groups excluding carboxylic acids is 1. The molecule has 0 unspecified atom stereocenters. The van der Waals surface area contributed by atoms with Crippen molar-refractivity contribution in [1.29, 1.82) is 0 Å². The number of rotatable bonds is 5. The third-order valence-corrected chi connectivity index (χ3v) is 2.63. The summed E-state index contributed by atoms with van der Waals surface area (Å²) >= 11 is 5.74. The second kappa shape index (κ2) is 6.21. The van der Waals surface area contributed by atoms with Gasteiger partial charge in [-0.05, 0) is 24.3 Å². The average Bonchev–Trinajstić information content (AvgIpc) is 2.84. The Hall–Kier alpha value is -2.05. The van der Waals surface area contributed by atoms with Gasteiger partial charge in [0.2, 0.25) is 0 Å². The van der Waals surface area contributed by atoms with E-state index in [9.17, 15) is 4.79 Å². The van der Waals surface area contributed by atoms with Crippen LogP contribution in [0.4, 0.5) is 0 Å². The number of nitrogens with zero attached hydrogens (tertiary/aromatic N) is 2. The number of nitrogen functional groups attached to an aromatic ring is 1. The maximum atomic E-state index is 11.2. The number of ether oxygens (including phenoxy) is 1. The number of hydrogen-bond acceptors (Lipinski definition) is 4. The molecule has 0 radical (unpaired) electrons. The van der Waals surface area contributed by atoms with Crippen molar-refractivity contribution in [3.8, 4) is 5.75 Å². The van der Waals surface area contributed by atoms with Gasteiger partial charge < -0.3 is 4.74 Å². The third kappa shape index (κ3) is 3.70. The maximum Gasteiger partial charge on any atom is 0.265 e. The van der Waals surface area contributed by atoms with Crippen molar-refractivity contribution in [1.82, 2.24) is 15.2 Å². The van der Waals surface area contributed by atoms with Crippen molar-refractivity contribution in [3.05, 3.63) is 47.2 Å². The van der Waals surface area contributed by atoms with Crippen LogP contribution < -0.4 is 16.0 Å². The summed E-state index contributed by atoms with van der Waals surface area (Å²) in [6.07, 6.45) is 3.29. The predicted octanol–water partition coefficient (Wildman–Crippen LogP) is 1.22. The molecule has 1 aromatic carbocycles. The van der Waals surface area contributed by atoms with Crippen molar-refractivity contribution >= 4 is 17.5 Å². The van der Waals surface area contributed by atoms with Crippen LogP contribution in [0.15, 0.2) is 36.7 Å². The van der Waals surface area contributed by atoms with Gasteiger partial charge in [-0.15, -0.1) is 0 Å². The molecule has 0 fully saturated rings. The Morgan fingerprint density at radius 3 is 2.74 bits per heavy atom. The minimum atomic E-state index is -0.335. The Bertz CT molecular complexity index is 553. The first-order valence-corrected chi connectivity index (χ1v) is 5.98. The first-order valence-electron chi connectivity index (χ1n) is 5.61. The van der Waals surface area contributed by atoms with Crippen LogP contribution in [-0.4, -0.2) is 22.3 Å². The lowest BCUT2D eigenvalue weighted by molar-refractivity contribution is 0.0953. The van der Waals surface area contributed by atoms with Crippen LogP contribution in [0.3, 0.4) is 0 Å². The molecule has 0 spiro atoms. The molecule has 100 valence electrons. The lowest BCUT2D eigenvalue weighted by atomic mass is 10.2. The van der Waals surface area contributed by atoms with Gasteiger partial charge in [0.05, 0.1) is 17.8 Å². The molecule has 0 bridgehead atoms. The molecular formula is C12H13ClN4O2. The molecule has 0 atom stereocenters. The molecule has 1 amide bonds. The van der Waals surface area contributed by atoms with Gasteiger partial charge in [-0.25, -0.2) is 5.84 Å². The highest BCUT2D eigenvalue weighted by Gasteiger charge is 2.03. The summed E-state index contributed by atoms with van der Waals surface area (Å²) < 4.78 is 7.21. The van der Waals surface area contributed by atoms with Gasteiger partial charge in [0.15, 0.2) is 0 Å². The summed E-state index contributed by atoms with van der Waals surface area (Å²) in [7, 11) is 0. The van der Waals surface area contributed by atoms with Crippen LogP contribution in [-0.2, 0) is 6.54 Å². The number of hydrazine groups is 1. The number of hydrogen-bond donors (Lipinski definition) is 2. The fourth-order valence-corrected chi connectivity index (χ4v) is 1.66. The number of aromatic nitrogens is 2. The molecule has 0 aliphatic carbocycles. The van der Waals surface area contributed by atoms with Crippen LogP contribution in [0.5, 0.6) is 5.75 Å². The van der Waals surface area contributed by atoms with Crippen LogP contribution in [0.1, 0.15) is 10.4 Å². The van der Waals surface area contributed by atoms with Crippen molar-refractivity contribution in [3.63, 3.8) is 0 Å². The molecule has 0 aliphatic rings. The minimum Gasteiger partial charge on any atom is -0.492 e. The lowest BCUT2D eigenvalue weighted by Gasteiger charge is -2.07. The van der Waals surface area contributed by atoms with Crippen molar-refractivity contribution < 1.29 is 9.53 Å². The van der Waals surface area contributed by atoms with E-state index in [1.165, 1.54) is 0 Å². The topological polar surface area (TPSA) is 82.2 Å². The molecule has 2 aromatic rings. The van der Waals surface area contributed by atoms with Gasteiger partial charge in [-0.2, -0.15) is 5.10 Å². The minimum absolute atomic E-state index is 0.335. The van der Waals surface area contributed by atoms with Gasteiger partial charge >= 0.3 is 0 Å². The second-order valence-electron chi connectivity index (χ2n) is 3.77. The number of benzene rings is 1. The van der Waals surface area contributed by atoms with Crippen LogP contribution in [0.2, 0.25) is 5.02 Å². The Morgan fingerprint density at radius 2 is 2.16 bits per heavy atom. The monoisotopic (exact) mass is 280 g/mol. The summed E-state index contributed by atoms with van der Waals surface area (Å²) in [5, 5.41) is 4.63. The normalized spacial score (nSPS) is 10.2. The van der Waals surface area contributed by atoms with Gasteiger partial charge in [0.1, 0.15) is 12.4 Å². The fourth-order valence-electron chi connectivity index (χ4n) is 1.50. The van der Waals surface area contributed by atoms with E-state index in [-0.39, 0.29) is 5.91 Å². The van der Waals surface area contributed by atoms with Gasteiger partial charge in [0, 0.05) is 11.8 Å². The number of nitrogens with two attached hydrogens (primary N) is 1. The first-order chi connectivity index (χ1) is 9.19. The summed E-state index contributed by atoms with van der Waals surface area (Å²) in [5.41, 5.74) is 2.54. The van der Waals surface area contributed by atoms with E-state index in [0.29, 0.717) is 29.5 Å². The molecule has 2 rings (SSSR count). The zero-order valence-electron chi connectivity index (χ0n) is 10.0. The maximum absolute atomic E-state index is 11.2. The lowest BCUT2D eigenvalue weighted by Crippen LogP contribution is -2.29. The number of amides is 1. The van der Waals surface area contributed by atoms with E-state index in [2.05, 4.69) is 10.5 Å². The van der Waals surface area contributed by atoms with Crippen molar-refractivity contribution in [2.75, 3.05) is 6.61 Å². The Balaban J connectivity index is 1.84. The molecule has 1 aromatic heterocycles. The highest BCUT2D eigenvalue weighted by atomic mass is 35.5. The zero-order valence-corrected chi connectivity index (χ0v) is 10.8. The van der Waals surface area contributed by atoms with Gasteiger partial charge in [-0.1, -0.05) is 11.6 Å². The number of nitrogens with one attached hydrogen (secondary N) is 1. The van der Waals surface area contributed by atoms with E-state index in [4.69, 9.17) is 22.2 Å². The van der Waals surface area contributed by atoms with E-state index in [1.807, 2.05) is 0 Å². The Kier molecular flexibility index (Phi) is 4.38. The summed E-state index contributed by atoms with van der Waals surface area (Å²) in [6, 6.07) is 6.70. The van der Waals surface area contributed by atoms with Gasteiger partial charge in [-0.3, -0.25) is 14.9 Å². The quantitative estimate of drug-likeness (QED) is 0.490. The Labute approximate surface area is 115 Å². The van der Waals surface area contributed by atoms with Crippen LogP contribution >= 0.6 is 11.6 Å². The SMILES string of the molecule is NNC(=O)c1ccc(OCCn2cc(Cl)cn2)cc1. The molecule has 0 saturated carbocycles. The molecular weight excluding hydrogens is 268 g/mol. The van der Waals surface area contributed by atoms with Crippen molar-refractivity contribution in [2.45, 2.75) is 6.54 Å². The highest BCUT2D eigenvalue weighted by molar-refractivity contribution is 6.30. The smallest absolute Gasteiger partial charge is 0.265 e. The molecule has 7 heteroatoms.